The maximum Gasteiger partial charge on any atom is 0.321 e. The molecular formula is C15H22BrN3O3. The Bertz CT molecular complexity index is 511. The van der Waals surface area contributed by atoms with E-state index < -0.39 is 6.03 Å². The van der Waals surface area contributed by atoms with Gasteiger partial charge in [-0.1, -0.05) is 34.1 Å². The summed E-state index contributed by atoms with van der Waals surface area (Å²) in [6.07, 6.45) is 0. The molecule has 122 valence electrons. The van der Waals surface area contributed by atoms with Crippen LogP contribution in [-0.2, 0) is 16.1 Å². The van der Waals surface area contributed by atoms with Crippen molar-refractivity contribution in [3.8, 4) is 0 Å². The Labute approximate surface area is 139 Å². The summed E-state index contributed by atoms with van der Waals surface area (Å²) < 4.78 is 5.91. The second-order valence-corrected chi connectivity index (χ2v) is 6.00. The Morgan fingerprint density at radius 3 is 2.68 bits per heavy atom. The number of rotatable bonds is 7. The first-order chi connectivity index (χ1) is 10.4. The molecule has 1 atom stereocenters. The second kappa shape index (κ2) is 9.55. The SMILES string of the molecule is COCC(C)NC(=O)NC(=O)CN(C)Cc1ccccc1Br. The van der Waals surface area contributed by atoms with E-state index in [1.165, 1.54) is 0 Å². The molecule has 1 rings (SSSR count). The van der Waals surface area contributed by atoms with Gasteiger partial charge in [0.15, 0.2) is 0 Å². The van der Waals surface area contributed by atoms with Crippen molar-refractivity contribution < 1.29 is 14.3 Å². The van der Waals surface area contributed by atoms with Crippen molar-refractivity contribution in [1.29, 1.82) is 0 Å². The van der Waals surface area contributed by atoms with Gasteiger partial charge in [-0.15, -0.1) is 0 Å². The van der Waals surface area contributed by atoms with Gasteiger partial charge in [0.25, 0.3) is 0 Å². The second-order valence-electron chi connectivity index (χ2n) is 5.14. The Hall–Kier alpha value is -1.44. The number of benzene rings is 1. The van der Waals surface area contributed by atoms with Gasteiger partial charge in [0.2, 0.25) is 5.91 Å². The van der Waals surface area contributed by atoms with Crippen molar-refractivity contribution in [2.45, 2.75) is 19.5 Å². The van der Waals surface area contributed by atoms with Crippen molar-refractivity contribution >= 4 is 27.9 Å². The molecule has 0 saturated heterocycles. The lowest BCUT2D eigenvalue weighted by molar-refractivity contribution is -0.121. The van der Waals surface area contributed by atoms with E-state index in [-0.39, 0.29) is 18.5 Å². The van der Waals surface area contributed by atoms with Gasteiger partial charge < -0.3 is 10.1 Å². The highest BCUT2D eigenvalue weighted by Gasteiger charge is 2.13. The topological polar surface area (TPSA) is 70.7 Å². The van der Waals surface area contributed by atoms with Gasteiger partial charge in [-0.3, -0.25) is 15.0 Å². The van der Waals surface area contributed by atoms with Crippen LogP contribution in [0.25, 0.3) is 0 Å². The molecule has 22 heavy (non-hydrogen) atoms. The fourth-order valence-electron chi connectivity index (χ4n) is 1.94. The summed E-state index contributed by atoms with van der Waals surface area (Å²) in [5.41, 5.74) is 1.08. The number of likely N-dealkylation sites (N-methyl/N-ethyl adjacent to an activating group) is 1. The quantitative estimate of drug-likeness (QED) is 0.765. The van der Waals surface area contributed by atoms with E-state index in [4.69, 9.17) is 4.74 Å². The van der Waals surface area contributed by atoms with Crippen LogP contribution in [0.5, 0.6) is 0 Å². The van der Waals surface area contributed by atoms with Crippen LogP contribution in [-0.4, -0.2) is 50.2 Å². The zero-order valence-corrected chi connectivity index (χ0v) is 14.6. The molecule has 6 nitrogen and oxygen atoms in total. The number of ether oxygens (including phenoxy) is 1. The van der Waals surface area contributed by atoms with Crippen LogP contribution < -0.4 is 10.6 Å². The first-order valence-corrected chi connectivity index (χ1v) is 7.73. The third-order valence-corrected chi connectivity index (χ3v) is 3.63. The van der Waals surface area contributed by atoms with E-state index in [1.807, 2.05) is 36.2 Å². The van der Waals surface area contributed by atoms with Crippen LogP contribution in [0.3, 0.4) is 0 Å². The molecule has 0 fully saturated rings. The first kappa shape index (κ1) is 18.6. The van der Waals surface area contributed by atoms with Crippen molar-refractivity contribution in [2.24, 2.45) is 0 Å². The largest absolute Gasteiger partial charge is 0.383 e. The summed E-state index contributed by atoms with van der Waals surface area (Å²) in [6.45, 7) is 2.93. The number of nitrogens with zero attached hydrogens (tertiary/aromatic N) is 1. The van der Waals surface area contributed by atoms with Crippen molar-refractivity contribution in [2.75, 3.05) is 27.3 Å². The minimum atomic E-state index is -0.510. The normalized spacial score (nSPS) is 12.0. The van der Waals surface area contributed by atoms with Gasteiger partial charge in [-0.2, -0.15) is 0 Å². The van der Waals surface area contributed by atoms with E-state index >= 15 is 0 Å². The summed E-state index contributed by atoms with van der Waals surface area (Å²) in [7, 11) is 3.38. The predicted octanol–water partition coefficient (Wildman–Crippen LogP) is 1.74. The smallest absolute Gasteiger partial charge is 0.321 e. The molecule has 0 saturated carbocycles. The van der Waals surface area contributed by atoms with E-state index in [0.717, 1.165) is 10.0 Å². The highest BCUT2D eigenvalue weighted by atomic mass is 79.9. The third-order valence-electron chi connectivity index (χ3n) is 2.86. The molecule has 2 N–H and O–H groups in total. The van der Waals surface area contributed by atoms with Crippen LogP contribution in [0.15, 0.2) is 28.7 Å². The van der Waals surface area contributed by atoms with Gasteiger partial charge >= 0.3 is 6.03 Å². The number of halogens is 1. The highest BCUT2D eigenvalue weighted by Crippen LogP contribution is 2.16. The number of urea groups is 1. The Balaban J connectivity index is 2.38. The Kier molecular flexibility index (Phi) is 8.08. The average Bonchev–Trinajstić information content (AvgIpc) is 2.40. The molecule has 1 aromatic carbocycles. The average molecular weight is 372 g/mol. The molecule has 1 unspecified atom stereocenters. The summed E-state index contributed by atoms with van der Waals surface area (Å²) in [4.78, 5) is 25.3. The molecule has 0 aliphatic rings. The molecule has 0 aliphatic carbocycles. The lowest BCUT2D eigenvalue weighted by Crippen LogP contribution is -2.47. The van der Waals surface area contributed by atoms with Crippen LogP contribution in [0.1, 0.15) is 12.5 Å². The number of hydrogen-bond acceptors (Lipinski definition) is 4. The fraction of sp³-hybridized carbons (Fsp3) is 0.467. The molecule has 0 aromatic heterocycles. The predicted molar refractivity (Wildman–Crippen MR) is 88.5 cm³/mol. The van der Waals surface area contributed by atoms with Gasteiger partial charge in [-0.05, 0) is 25.6 Å². The monoisotopic (exact) mass is 371 g/mol. The minimum Gasteiger partial charge on any atom is -0.383 e. The number of carbonyl (C=O) groups is 2. The maximum atomic E-state index is 11.8. The standard InChI is InChI=1S/C15H22BrN3O3/c1-11(10-22-3)17-15(21)18-14(20)9-19(2)8-12-6-4-5-7-13(12)16/h4-7,11H,8-10H2,1-3H3,(H2,17,18,20,21). The van der Waals surface area contributed by atoms with Crippen LogP contribution in [0.4, 0.5) is 4.79 Å². The van der Waals surface area contributed by atoms with Crippen LogP contribution in [0, 0.1) is 0 Å². The third kappa shape index (κ3) is 7.02. The number of carbonyl (C=O) groups excluding carboxylic acids is 2. The number of methoxy groups -OCH3 is 1. The van der Waals surface area contributed by atoms with Gasteiger partial charge in [0, 0.05) is 18.1 Å². The number of amides is 3. The summed E-state index contributed by atoms with van der Waals surface area (Å²) in [5, 5.41) is 4.92. The minimum absolute atomic E-state index is 0.132. The molecular weight excluding hydrogens is 350 g/mol. The number of imide groups is 1. The number of nitrogens with one attached hydrogen (secondary N) is 2. The summed E-state index contributed by atoms with van der Waals surface area (Å²) in [5.74, 6) is -0.350. The summed E-state index contributed by atoms with van der Waals surface area (Å²) >= 11 is 3.47. The lowest BCUT2D eigenvalue weighted by Gasteiger charge is -2.18. The maximum absolute atomic E-state index is 11.8. The van der Waals surface area contributed by atoms with Gasteiger partial charge in [0.1, 0.15) is 0 Å². The van der Waals surface area contributed by atoms with Crippen molar-refractivity contribution in [3.05, 3.63) is 34.3 Å². The van der Waals surface area contributed by atoms with E-state index in [9.17, 15) is 9.59 Å². The van der Waals surface area contributed by atoms with Crippen LogP contribution >= 0.6 is 15.9 Å². The molecule has 0 bridgehead atoms. The van der Waals surface area contributed by atoms with Gasteiger partial charge in [-0.25, -0.2) is 4.79 Å². The molecule has 1 aromatic rings. The molecule has 3 amide bonds. The van der Waals surface area contributed by atoms with Gasteiger partial charge in [0.05, 0.1) is 19.2 Å². The van der Waals surface area contributed by atoms with E-state index in [0.29, 0.717) is 13.2 Å². The first-order valence-electron chi connectivity index (χ1n) is 6.93. The van der Waals surface area contributed by atoms with Crippen molar-refractivity contribution in [3.63, 3.8) is 0 Å². The molecule has 0 aliphatic heterocycles. The highest BCUT2D eigenvalue weighted by molar-refractivity contribution is 9.10. The fourth-order valence-corrected chi connectivity index (χ4v) is 2.35. The van der Waals surface area contributed by atoms with E-state index in [1.54, 1.807) is 14.0 Å². The Morgan fingerprint density at radius 2 is 2.05 bits per heavy atom. The molecule has 0 radical (unpaired) electrons. The zero-order valence-electron chi connectivity index (χ0n) is 13.1. The molecule has 0 heterocycles. The van der Waals surface area contributed by atoms with Crippen LogP contribution in [0.2, 0.25) is 0 Å². The zero-order chi connectivity index (χ0) is 16.5. The van der Waals surface area contributed by atoms with E-state index in [2.05, 4.69) is 26.6 Å². The summed E-state index contributed by atoms with van der Waals surface area (Å²) in [6, 6.07) is 7.15. The number of hydrogen-bond donors (Lipinski definition) is 2. The molecule has 7 heteroatoms. The Morgan fingerprint density at radius 1 is 1.36 bits per heavy atom. The molecule has 0 spiro atoms. The van der Waals surface area contributed by atoms with Crippen molar-refractivity contribution in [1.82, 2.24) is 15.5 Å². The lowest BCUT2D eigenvalue weighted by atomic mass is 10.2.